The second kappa shape index (κ2) is 7.06. The smallest absolute Gasteiger partial charge is 0.335 e. The van der Waals surface area contributed by atoms with E-state index < -0.39 is 5.97 Å². The lowest BCUT2D eigenvalue weighted by molar-refractivity contribution is -0.131. The molecule has 0 unspecified atom stereocenters. The number of carboxylic acids is 1. The summed E-state index contributed by atoms with van der Waals surface area (Å²) >= 11 is 0. The summed E-state index contributed by atoms with van der Waals surface area (Å²) in [5.41, 5.74) is 5.88. The van der Waals surface area contributed by atoms with Crippen molar-refractivity contribution in [3.05, 3.63) is 35.4 Å². The zero-order chi connectivity index (χ0) is 16.1. The predicted octanol–water partition coefficient (Wildman–Crippen LogP) is 1.04. The average molecular weight is 304 g/mol. The number of piperidine rings is 1. The lowest BCUT2D eigenvalue weighted by Crippen LogP contribution is -2.40. The molecule has 1 aliphatic heterocycles. The molecule has 0 aromatic heterocycles. The molecule has 0 bridgehead atoms. The standard InChI is InChI=1S/C16H20N2O4/c17-14(19)9-11-5-7-18(8-6-11)15(20)10-12-3-1-2-4-13(12)16(21)22/h1-4,11H,5-10H2,(H2,17,19)(H,21,22). The number of nitrogens with zero attached hydrogens (tertiary/aromatic N) is 1. The number of likely N-dealkylation sites (tertiary alicyclic amines) is 1. The normalized spacial score (nSPS) is 15.5. The highest BCUT2D eigenvalue weighted by molar-refractivity contribution is 5.91. The van der Waals surface area contributed by atoms with Gasteiger partial charge in [-0.1, -0.05) is 18.2 Å². The van der Waals surface area contributed by atoms with E-state index in [-0.39, 0.29) is 29.7 Å². The number of hydrogen-bond acceptors (Lipinski definition) is 3. The fourth-order valence-corrected chi connectivity index (χ4v) is 2.83. The van der Waals surface area contributed by atoms with Crippen LogP contribution in [0.5, 0.6) is 0 Å². The number of aromatic carboxylic acids is 1. The zero-order valence-electron chi connectivity index (χ0n) is 12.3. The summed E-state index contributed by atoms with van der Waals surface area (Å²) in [6.07, 6.45) is 1.97. The van der Waals surface area contributed by atoms with E-state index in [0.29, 0.717) is 25.1 Å². The molecule has 1 aromatic rings. The highest BCUT2D eigenvalue weighted by Crippen LogP contribution is 2.21. The minimum Gasteiger partial charge on any atom is -0.478 e. The van der Waals surface area contributed by atoms with Crippen molar-refractivity contribution in [2.45, 2.75) is 25.7 Å². The Morgan fingerprint density at radius 2 is 1.82 bits per heavy atom. The van der Waals surface area contributed by atoms with E-state index in [1.54, 1.807) is 23.1 Å². The van der Waals surface area contributed by atoms with E-state index >= 15 is 0 Å². The maximum absolute atomic E-state index is 12.3. The number of rotatable bonds is 5. The van der Waals surface area contributed by atoms with Gasteiger partial charge in [0.15, 0.2) is 0 Å². The molecule has 1 aliphatic rings. The minimum atomic E-state index is -1.02. The van der Waals surface area contributed by atoms with Crippen LogP contribution >= 0.6 is 0 Å². The van der Waals surface area contributed by atoms with E-state index in [1.807, 2.05) is 0 Å². The van der Waals surface area contributed by atoms with Gasteiger partial charge in [0.25, 0.3) is 0 Å². The molecule has 1 saturated heterocycles. The highest BCUT2D eigenvalue weighted by atomic mass is 16.4. The van der Waals surface area contributed by atoms with Gasteiger partial charge in [-0.05, 0) is 30.4 Å². The number of carbonyl (C=O) groups is 3. The molecule has 0 atom stereocenters. The molecule has 0 radical (unpaired) electrons. The molecule has 2 amide bonds. The van der Waals surface area contributed by atoms with Crippen molar-refractivity contribution in [1.29, 1.82) is 0 Å². The lowest BCUT2D eigenvalue weighted by atomic mass is 9.93. The third-order valence-electron chi connectivity index (χ3n) is 4.05. The molecule has 1 aromatic carbocycles. The fourth-order valence-electron chi connectivity index (χ4n) is 2.83. The number of carboxylic acid groups (broad SMARTS) is 1. The molecule has 118 valence electrons. The number of amides is 2. The summed E-state index contributed by atoms with van der Waals surface area (Å²) in [5.74, 6) is -1.16. The van der Waals surface area contributed by atoms with Crippen LogP contribution in [0.2, 0.25) is 0 Å². The quantitative estimate of drug-likeness (QED) is 0.848. The summed E-state index contributed by atoms with van der Waals surface area (Å²) in [6.45, 7) is 1.18. The molecule has 1 heterocycles. The SMILES string of the molecule is NC(=O)CC1CCN(C(=O)Cc2ccccc2C(=O)O)CC1. The highest BCUT2D eigenvalue weighted by Gasteiger charge is 2.24. The van der Waals surface area contributed by atoms with Gasteiger partial charge in [-0.25, -0.2) is 4.79 Å². The zero-order valence-corrected chi connectivity index (χ0v) is 12.3. The summed E-state index contributed by atoms with van der Waals surface area (Å²) in [7, 11) is 0. The molecule has 0 aliphatic carbocycles. The summed E-state index contributed by atoms with van der Waals surface area (Å²) in [6, 6.07) is 6.55. The van der Waals surface area contributed by atoms with E-state index in [4.69, 9.17) is 10.8 Å². The first-order valence-electron chi connectivity index (χ1n) is 7.34. The molecule has 6 heteroatoms. The summed E-state index contributed by atoms with van der Waals surface area (Å²) in [5, 5.41) is 9.14. The van der Waals surface area contributed by atoms with Gasteiger partial charge in [0.1, 0.15) is 0 Å². The average Bonchev–Trinajstić information content (AvgIpc) is 2.47. The van der Waals surface area contributed by atoms with Crippen molar-refractivity contribution in [2.24, 2.45) is 11.7 Å². The Labute approximate surface area is 128 Å². The van der Waals surface area contributed by atoms with Gasteiger partial charge in [-0.2, -0.15) is 0 Å². The van der Waals surface area contributed by atoms with E-state index in [2.05, 4.69) is 0 Å². The topological polar surface area (TPSA) is 101 Å². The molecule has 2 rings (SSSR count). The maximum atomic E-state index is 12.3. The van der Waals surface area contributed by atoms with Crippen LogP contribution in [-0.2, 0) is 16.0 Å². The van der Waals surface area contributed by atoms with Gasteiger partial charge in [-0.15, -0.1) is 0 Å². The van der Waals surface area contributed by atoms with E-state index in [1.165, 1.54) is 6.07 Å². The van der Waals surface area contributed by atoms with Crippen LogP contribution in [0, 0.1) is 5.92 Å². The van der Waals surface area contributed by atoms with E-state index in [0.717, 1.165) is 12.8 Å². The van der Waals surface area contributed by atoms with Crippen molar-refractivity contribution in [3.8, 4) is 0 Å². The first-order valence-corrected chi connectivity index (χ1v) is 7.34. The molecule has 0 spiro atoms. The number of nitrogens with two attached hydrogens (primary N) is 1. The Morgan fingerprint density at radius 3 is 2.41 bits per heavy atom. The van der Waals surface area contributed by atoms with Crippen LogP contribution in [0.1, 0.15) is 35.2 Å². The van der Waals surface area contributed by atoms with Gasteiger partial charge in [0, 0.05) is 19.5 Å². The second-order valence-corrected chi connectivity index (χ2v) is 5.63. The summed E-state index contributed by atoms with van der Waals surface area (Å²) < 4.78 is 0. The molecule has 1 fully saturated rings. The van der Waals surface area contributed by atoms with Crippen molar-refractivity contribution in [3.63, 3.8) is 0 Å². The second-order valence-electron chi connectivity index (χ2n) is 5.63. The maximum Gasteiger partial charge on any atom is 0.335 e. The number of benzene rings is 1. The fraction of sp³-hybridized carbons (Fsp3) is 0.438. The third kappa shape index (κ3) is 4.07. The van der Waals surface area contributed by atoms with Gasteiger partial charge in [0.2, 0.25) is 11.8 Å². The Hall–Kier alpha value is -2.37. The first kappa shape index (κ1) is 16.0. The Morgan fingerprint density at radius 1 is 1.18 bits per heavy atom. The lowest BCUT2D eigenvalue weighted by Gasteiger charge is -2.31. The van der Waals surface area contributed by atoms with Crippen molar-refractivity contribution in [2.75, 3.05) is 13.1 Å². The van der Waals surface area contributed by atoms with Gasteiger partial charge < -0.3 is 15.7 Å². The molecule has 22 heavy (non-hydrogen) atoms. The summed E-state index contributed by atoms with van der Waals surface area (Å²) in [4.78, 5) is 36.1. The van der Waals surface area contributed by atoms with Crippen LogP contribution in [0.4, 0.5) is 0 Å². The van der Waals surface area contributed by atoms with Crippen LogP contribution in [-0.4, -0.2) is 40.9 Å². The van der Waals surface area contributed by atoms with Gasteiger partial charge in [-0.3, -0.25) is 9.59 Å². The van der Waals surface area contributed by atoms with Gasteiger partial charge >= 0.3 is 5.97 Å². The predicted molar refractivity (Wildman–Crippen MR) is 80.2 cm³/mol. The first-order chi connectivity index (χ1) is 10.5. The number of carbonyl (C=O) groups excluding carboxylic acids is 2. The Kier molecular flexibility index (Phi) is 5.14. The third-order valence-corrected chi connectivity index (χ3v) is 4.05. The molecule has 3 N–H and O–H groups in total. The minimum absolute atomic E-state index is 0.0776. The Balaban J connectivity index is 1.94. The van der Waals surface area contributed by atoms with Crippen molar-refractivity contribution < 1.29 is 19.5 Å². The number of primary amides is 1. The van der Waals surface area contributed by atoms with Crippen molar-refractivity contribution in [1.82, 2.24) is 4.90 Å². The van der Waals surface area contributed by atoms with Crippen molar-refractivity contribution >= 4 is 17.8 Å². The molecule has 0 saturated carbocycles. The largest absolute Gasteiger partial charge is 0.478 e. The molecular weight excluding hydrogens is 284 g/mol. The Bertz CT molecular complexity index is 577. The molecule has 6 nitrogen and oxygen atoms in total. The van der Waals surface area contributed by atoms with Crippen LogP contribution in [0.3, 0.4) is 0 Å². The van der Waals surface area contributed by atoms with E-state index in [9.17, 15) is 14.4 Å². The van der Waals surface area contributed by atoms with Crippen LogP contribution in [0.25, 0.3) is 0 Å². The van der Waals surface area contributed by atoms with Crippen LogP contribution in [0.15, 0.2) is 24.3 Å². The van der Waals surface area contributed by atoms with Crippen LogP contribution < -0.4 is 5.73 Å². The van der Waals surface area contributed by atoms with Gasteiger partial charge in [0.05, 0.1) is 12.0 Å². The number of hydrogen-bond donors (Lipinski definition) is 2. The monoisotopic (exact) mass is 304 g/mol. The molecular formula is C16H20N2O4.